The zero-order chi connectivity index (χ0) is 16.6. The first-order chi connectivity index (χ1) is 10.7. The highest BCUT2D eigenvalue weighted by molar-refractivity contribution is 4.68. The van der Waals surface area contributed by atoms with Gasteiger partial charge in [0.05, 0.1) is 0 Å². The van der Waals surface area contributed by atoms with Gasteiger partial charge in [-0.1, -0.05) is 33.6 Å². The van der Waals surface area contributed by atoms with E-state index in [1.807, 2.05) is 0 Å². The van der Waals surface area contributed by atoms with Crippen molar-refractivity contribution < 1.29 is 18.9 Å². The third-order valence-electron chi connectivity index (χ3n) is 4.38. The summed E-state index contributed by atoms with van der Waals surface area (Å²) in [5.41, 5.74) is 0. The van der Waals surface area contributed by atoms with E-state index in [2.05, 4.69) is 20.8 Å². The fraction of sp³-hybridized carbons (Fsp3) is 1.00. The topological polar surface area (TPSA) is 36.9 Å². The minimum atomic E-state index is 0.406. The SMILES string of the molecule is CCC(CCOCOC)CC(CC)CC(C)CCOCOC. The van der Waals surface area contributed by atoms with E-state index in [0.29, 0.717) is 19.5 Å². The van der Waals surface area contributed by atoms with E-state index < -0.39 is 0 Å². The summed E-state index contributed by atoms with van der Waals surface area (Å²) in [6.07, 6.45) is 7.36. The highest BCUT2D eigenvalue weighted by Crippen LogP contribution is 2.27. The van der Waals surface area contributed by atoms with Crippen molar-refractivity contribution in [2.75, 3.05) is 41.0 Å². The van der Waals surface area contributed by atoms with Gasteiger partial charge in [0.2, 0.25) is 0 Å². The van der Waals surface area contributed by atoms with Crippen molar-refractivity contribution in [3.63, 3.8) is 0 Å². The van der Waals surface area contributed by atoms with Gasteiger partial charge in [0.15, 0.2) is 0 Å². The summed E-state index contributed by atoms with van der Waals surface area (Å²) < 4.78 is 20.7. The van der Waals surface area contributed by atoms with Gasteiger partial charge in [0, 0.05) is 27.4 Å². The van der Waals surface area contributed by atoms with Crippen LogP contribution in [0.5, 0.6) is 0 Å². The lowest BCUT2D eigenvalue weighted by Crippen LogP contribution is -2.14. The van der Waals surface area contributed by atoms with Crippen LogP contribution in [0, 0.1) is 17.8 Å². The number of hydrogen-bond donors (Lipinski definition) is 0. The average Bonchev–Trinajstić information content (AvgIpc) is 2.53. The Kier molecular flexibility index (Phi) is 15.6. The first-order valence-corrected chi connectivity index (χ1v) is 8.81. The first kappa shape index (κ1) is 21.8. The van der Waals surface area contributed by atoms with Crippen molar-refractivity contribution in [1.82, 2.24) is 0 Å². The molecule has 0 bridgehead atoms. The molecule has 134 valence electrons. The minimum absolute atomic E-state index is 0.406. The normalized spacial score (nSPS) is 15.7. The number of ether oxygens (including phenoxy) is 4. The Hall–Kier alpha value is -0.160. The molecule has 0 fully saturated rings. The molecule has 0 heterocycles. The van der Waals surface area contributed by atoms with Gasteiger partial charge in [-0.25, -0.2) is 0 Å². The predicted molar refractivity (Wildman–Crippen MR) is 90.9 cm³/mol. The summed E-state index contributed by atoms with van der Waals surface area (Å²) in [6, 6.07) is 0. The van der Waals surface area contributed by atoms with E-state index >= 15 is 0 Å². The Morgan fingerprint density at radius 1 is 0.727 bits per heavy atom. The van der Waals surface area contributed by atoms with E-state index in [4.69, 9.17) is 18.9 Å². The van der Waals surface area contributed by atoms with E-state index in [1.54, 1.807) is 14.2 Å². The maximum atomic E-state index is 5.44. The molecule has 22 heavy (non-hydrogen) atoms. The Morgan fingerprint density at radius 3 is 1.77 bits per heavy atom. The van der Waals surface area contributed by atoms with E-state index in [1.165, 1.54) is 25.7 Å². The quantitative estimate of drug-likeness (QED) is 0.311. The van der Waals surface area contributed by atoms with Crippen LogP contribution in [0.4, 0.5) is 0 Å². The summed E-state index contributed by atoms with van der Waals surface area (Å²) >= 11 is 0. The molecule has 3 unspecified atom stereocenters. The molecule has 0 aliphatic carbocycles. The Morgan fingerprint density at radius 2 is 1.27 bits per heavy atom. The number of rotatable bonds is 16. The molecule has 3 atom stereocenters. The summed E-state index contributed by atoms with van der Waals surface area (Å²) in [4.78, 5) is 0. The molecule has 0 aliphatic rings. The maximum Gasteiger partial charge on any atom is 0.146 e. The molecule has 4 nitrogen and oxygen atoms in total. The molecule has 0 rings (SSSR count). The van der Waals surface area contributed by atoms with Gasteiger partial charge >= 0.3 is 0 Å². The Labute approximate surface area is 137 Å². The molecule has 0 aromatic heterocycles. The molecular formula is C18H38O4. The monoisotopic (exact) mass is 318 g/mol. The number of hydrogen-bond acceptors (Lipinski definition) is 4. The summed E-state index contributed by atoms with van der Waals surface area (Å²) in [7, 11) is 3.33. The molecule has 0 radical (unpaired) electrons. The summed E-state index contributed by atoms with van der Waals surface area (Å²) in [5, 5.41) is 0. The van der Waals surface area contributed by atoms with Crippen LogP contribution in [0.1, 0.15) is 59.3 Å². The van der Waals surface area contributed by atoms with Crippen LogP contribution < -0.4 is 0 Å². The molecule has 0 saturated carbocycles. The third kappa shape index (κ3) is 12.4. The number of methoxy groups -OCH3 is 2. The van der Waals surface area contributed by atoms with Crippen LogP contribution >= 0.6 is 0 Å². The van der Waals surface area contributed by atoms with Crippen LogP contribution in [0.25, 0.3) is 0 Å². The van der Waals surface area contributed by atoms with Gasteiger partial charge < -0.3 is 18.9 Å². The molecule has 0 aliphatic heterocycles. The molecule has 0 amide bonds. The second kappa shape index (κ2) is 15.7. The standard InChI is InChI=1S/C18H38O4/c1-6-17(9-11-22-15-20-5)13-18(7-2)12-16(3)8-10-21-14-19-4/h16-18H,6-15H2,1-5H3. The van der Waals surface area contributed by atoms with Crippen molar-refractivity contribution in [3.05, 3.63) is 0 Å². The van der Waals surface area contributed by atoms with E-state index in [9.17, 15) is 0 Å². The van der Waals surface area contributed by atoms with Gasteiger partial charge in [-0.05, 0) is 43.4 Å². The molecule has 0 saturated heterocycles. The average molecular weight is 318 g/mol. The van der Waals surface area contributed by atoms with Crippen molar-refractivity contribution in [1.29, 1.82) is 0 Å². The smallest absolute Gasteiger partial charge is 0.146 e. The van der Waals surface area contributed by atoms with E-state index in [-0.39, 0.29) is 0 Å². The lowest BCUT2D eigenvalue weighted by molar-refractivity contribution is -0.0360. The van der Waals surface area contributed by atoms with Gasteiger partial charge in [0.1, 0.15) is 13.6 Å². The Balaban J connectivity index is 3.93. The van der Waals surface area contributed by atoms with Gasteiger partial charge in [-0.2, -0.15) is 0 Å². The Bertz CT molecular complexity index is 223. The highest BCUT2D eigenvalue weighted by Gasteiger charge is 2.16. The molecule has 4 heteroatoms. The maximum absolute atomic E-state index is 5.44. The molecule has 0 N–H and O–H groups in total. The fourth-order valence-corrected chi connectivity index (χ4v) is 2.90. The lowest BCUT2D eigenvalue weighted by Gasteiger charge is -2.24. The summed E-state index contributed by atoms with van der Waals surface area (Å²) in [5.74, 6) is 2.28. The van der Waals surface area contributed by atoms with Gasteiger partial charge in [-0.3, -0.25) is 0 Å². The van der Waals surface area contributed by atoms with Crippen molar-refractivity contribution in [2.45, 2.75) is 59.3 Å². The van der Waals surface area contributed by atoms with E-state index in [0.717, 1.165) is 37.9 Å². The third-order valence-corrected chi connectivity index (χ3v) is 4.38. The predicted octanol–water partition coefficient (Wildman–Crippen LogP) is 4.48. The highest BCUT2D eigenvalue weighted by atomic mass is 16.7. The second-order valence-electron chi connectivity index (χ2n) is 6.33. The van der Waals surface area contributed by atoms with Crippen LogP contribution in [0.2, 0.25) is 0 Å². The lowest BCUT2D eigenvalue weighted by atomic mass is 9.83. The van der Waals surface area contributed by atoms with Crippen LogP contribution in [-0.4, -0.2) is 41.0 Å². The van der Waals surface area contributed by atoms with Crippen molar-refractivity contribution in [2.24, 2.45) is 17.8 Å². The molecular weight excluding hydrogens is 280 g/mol. The fourth-order valence-electron chi connectivity index (χ4n) is 2.90. The zero-order valence-electron chi connectivity index (χ0n) is 15.4. The minimum Gasteiger partial charge on any atom is -0.359 e. The van der Waals surface area contributed by atoms with Crippen LogP contribution in [-0.2, 0) is 18.9 Å². The second-order valence-corrected chi connectivity index (χ2v) is 6.33. The molecule has 0 aromatic rings. The van der Waals surface area contributed by atoms with Crippen molar-refractivity contribution >= 4 is 0 Å². The van der Waals surface area contributed by atoms with Gasteiger partial charge in [0.25, 0.3) is 0 Å². The zero-order valence-corrected chi connectivity index (χ0v) is 15.4. The van der Waals surface area contributed by atoms with Gasteiger partial charge in [-0.15, -0.1) is 0 Å². The molecule has 0 aromatic carbocycles. The largest absolute Gasteiger partial charge is 0.359 e. The van der Waals surface area contributed by atoms with Crippen LogP contribution in [0.3, 0.4) is 0 Å². The first-order valence-electron chi connectivity index (χ1n) is 8.81. The summed E-state index contributed by atoms with van der Waals surface area (Å²) in [6.45, 7) is 9.36. The van der Waals surface area contributed by atoms with Crippen LogP contribution in [0.15, 0.2) is 0 Å². The van der Waals surface area contributed by atoms with Crippen molar-refractivity contribution in [3.8, 4) is 0 Å². The molecule has 0 spiro atoms.